The second-order valence-corrected chi connectivity index (χ2v) is 4.82. The fourth-order valence-electron chi connectivity index (χ4n) is 1.83. The smallest absolute Gasteiger partial charge is 0.133 e. The normalized spacial score (nSPS) is 17.0. The summed E-state index contributed by atoms with van der Waals surface area (Å²) in [6.45, 7) is 0.761. The second kappa shape index (κ2) is 5.56. The van der Waals surface area contributed by atoms with Gasteiger partial charge in [0.05, 0.1) is 24.2 Å². The standard InChI is InChI=1S/C13H16BrNO2/c1-16-11-6-5-9(8-10(11)14)13(15)12-4-2-3-7-17-12/h4-6,8,13H,2-3,7,15H2,1H3. The first-order valence-electron chi connectivity index (χ1n) is 5.64. The maximum atomic E-state index is 6.18. The van der Waals surface area contributed by atoms with Crippen molar-refractivity contribution >= 4 is 15.9 Å². The SMILES string of the molecule is COc1ccc(C(N)C2=CCCCO2)cc1Br. The van der Waals surface area contributed by atoms with E-state index in [1.807, 2.05) is 18.2 Å². The van der Waals surface area contributed by atoms with Crippen LogP contribution >= 0.6 is 15.9 Å². The van der Waals surface area contributed by atoms with Crippen LogP contribution in [0.25, 0.3) is 0 Å². The Morgan fingerprint density at radius 2 is 2.29 bits per heavy atom. The Bertz CT molecular complexity index is 431. The van der Waals surface area contributed by atoms with Gasteiger partial charge in [-0.1, -0.05) is 6.07 Å². The quantitative estimate of drug-likeness (QED) is 0.932. The molecular weight excluding hydrogens is 282 g/mol. The summed E-state index contributed by atoms with van der Waals surface area (Å²) in [6.07, 6.45) is 4.19. The van der Waals surface area contributed by atoms with Gasteiger partial charge in [0.25, 0.3) is 0 Å². The van der Waals surface area contributed by atoms with Crippen molar-refractivity contribution in [2.75, 3.05) is 13.7 Å². The number of allylic oxidation sites excluding steroid dienone is 1. The minimum Gasteiger partial charge on any atom is -0.496 e. The molecule has 92 valence electrons. The van der Waals surface area contributed by atoms with E-state index in [-0.39, 0.29) is 6.04 Å². The maximum absolute atomic E-state index is 6.18. The third-order valence-electron chi connectivity index (χ3n) is 2.80. The van der Waals surface area contributed by atoms with Gasteiger partial charge in [-0.25, -0.2) is 0 Å². The zero-order chi connectivity index (χ0) is 12.3. The van der Waals surface area contributed by atoms with Crippen LogP contribution in [0.1, 0.15) is 24.4 Å². The number of benzene rings is 1. The molecule has 1 unspecified atom stereocenters. The first kappa shape index (κ1) is 12.5. The number of methoxy groups -OCH3 is 1. The van der Waals surface area contributed by atoms with Crippen LogP contribution in [0.4, 0.5) is 0 Å². The van der Waals surface area contributed by atoms with Gasteiger partial charge < -0.3 is 15.2 Å². The van der Waals surface area contributed by atoms with Gasteiger partial charge >= 0.3 is 0 Å². The van der Waals surface area contributed by atoms with Crippen molar-refractivity contribution in [3.05, 3.63) is 40.1 Å². The Morgan fingerprint density at radius 1 is 1.47 bits per heavy atom. The summed E-state index contributed by atoms with van der Waals surface area (Å²) in [7, 11) is 1.65. The van der Waals surface area contributed by atoms with E-state index in [1.165, 1.54) is 0 Å². The summed E-state index contributed by atoms with van der Waals surface area (Å²) in [6, 6.07) is 5.65. The van der Waals surface area contributed by atoms with E-state index in [4.69, 9.17) is 15.2 Å². The molecular formula is C13H16BrNO2. The molecule has 4 heteroatoms. The van der Waals surface area contributed by atoms with E-state index in [0.717, 1.165) is 41.0 Å². The van der Waals surface area contributed by atoms with Crippen LogP contribution in [-0.2, 0) is 4.74 Å². The summed E-state index contributed by atoms with van der Waals surface area (Å²) >= 11 is 3.46. The van der Waals surface area contributed by atoms with E-state index in [0.29, 0.717) is 0 Å². The van der Waals surface area contributed by atoms with Crippen molar-refractivity contribution in [2.24, 2.45) is 5.73 Å². The van der Waals surface area contributed by atoms with Crippen molar-refractivity contribution in [1.82, 2.24) is 0 Å². The highest BCUT2D eigenvalue weighted by Crippen LogP contribution is 2.30. The number of nitrogens with two attached hydrogens (primary N) is 1. The lowest BCUT2D eigenvalue weighted by Crippen LogP contribution is -2.17. The molecule has 0 saturated carbocycles. The molecule has 1 heterocycles. The molecule has 0 bridgehead atoms. The molecule has 0 aliphatic carbocycles. The van der Waals surface area contributed by atoms with Crippen LogP contribution in [-0.4, -0.2) is 13.7 Å². The Labute approximate surface area is 110 Å². The lowest BCUT2D eigenvalue weighted by atomic mass is 10.0. The molecule has 1 aliphatic heterocycles. The minimum absolute atomic E-state index is 0.197. The number of hydrogen-bond donors (Lipinski definition) is 1. The summed E-state index contributed by atoms with van der Waals surface area (Å²) < 4.78 is 11.7. The summed E-state index contributed by atoms with van der Waals surface area (Å²) in [4.78, 5) is 0. The van der Waals surface area contributed by atoms with Crippen molar-refractivity contribution in [3.63, 3.8) is 0 Å². The molecule has 1 aromatic carbocycles. The number of hydrogen-bond acceptors (Lipinski definition) is 3. The van der Waals surface area contributed by atoms with E-state index in [1.54, 1.807) is 7.11 Å². The molecule has 3 nitrogen and oxygen atoms in total. The molecule has 1 aliphatic rings. The highest BCUT2D eigenvalue weighted by Gasteiger charge is 2.16. The van der Waals surface area contributed by atoms with E-state index in [9.17, 15) is 0 Å². The van der Waals surface area contributed by atoms with Crippen LogP contribution in [0, 0.1) is 0 Å². The topological polar surface area (TPSA) is 44.5 Å². The third-order valence-corrected chi connectivity index (χ3v) is 3.42. The molecule has 0 amide bonds. The van der Waals surface area contributed by atoms with Crippen molar-refractivity contribution in [2.45, 2.75) is 18.9 Å². The van der Waals surface area contributed by atoms with Crippen LogP contribution in [0.5, 0.6) is 5.75 Å². The van der Waals surface area contributed by atoms with Gasteiger partial charge in [-0.3, -0.25) is 0 Å². The van der Waals surface area contributed by atoms with Crippen LogP contribution in [0.3, 0.4) is 0 Å². The van der Waals surface area contributed by atoms with Gasteiger partial charge in [0.1, 0.15) is 11.5 Å². The maximum Gasteiger partial charge on any atom is 0.133 e. The van der Waals surface area contributed by atoms with E-state index in [2.05, 4.69) is 22.0 Å². The van der Waals surface area contributed by atoms with Crippen LogP contribution in [0.2, 0.25) is 0 Å². The number of ether oxygens (including phenoxy) is 2. The Morgan fingerprint density at radius 3 is 2.88 bits per heavy atom. The van der Waals surface area contributed by atoms with Crippen molar-refractivity contribution in [1.29, 1.82) is 0 Å². The van der Waals surface area contributed by atoms with Gasteiger partial charge in [0, 0.05) is 0 Å². The lowest BCUT2D eigenvalue weighted by Gasteiger charge is -2.21. The Hall–Kier alpha value is -1.00. The molecule has 2 N–H and O–H groups in total. The predicted octanol–water partition coefficient (Wildman–Crippen LogP) is 3.15. The molecule has 0 aromatic heterocycles. The Balaban J connectivity index is 2.21. The van der Waals surface area contributed by atoms with Gasteiger partial charge in [-0.15, -0.1) is 0 Å². The highest BCUT2D eigenvalue weighted by atomic mass is 79.9. The molecule has 0 saturated heterocycles. The molecule has 2 rings (SSSR count). The first-order valence-corrected chi connectivity index (χ1v) is 6.43. The zero-order valence-corrected chi connectivity index (χ0v) is 11.4. The van der Waals surface area contributed by atoms with Crippen molar-refractivity contribution < 1.29 is 9.47 Å². The average Bonchev–Trinajstić information content (AvgIpc) is 2.39. The molecule has 17 heavy (non-hydrogen) atoms. The van der Waals surface area contributed by atoms with E-state index < -0.39 is 0 Å². The number of halogens is 1. The number of rotatable bonds is 3. The predicted molar refractivity (Wildman–Crippen MR) is 70.9 cm³/mol. The third kappa shape index (κ3) is 2.82. The summed E-state index contributed by atoms with van der Waals surface area (Å²) in [5, 5.41) is 0. The monoisotopic (exact) mass is 297 g/mol. The highest BCUT2D eigenvalue weighted by molar-refractivity contribution is 9.10. The summed E-state index contributed by atoms with van der Waals surface area (Å²) in [5.74, 6) is 1.67. The zero-order valence-electron chi connectivity index (χ0n) is 9.78. The van der Waals surface area contributed by atoms with Crippen molar-refractivity contribution in [3.8, 4) is 5.75 Å². The second-order valence-electron chi connectivity index (χ2n) is 3.97. The fraction of sp³-hybridized carbons (Fsp3) is 0.385. The molecule has 1 atom stereocenters. The minimum atomic E-state index is -0.197. The molecule has 1 aromatic rings. The fourth-order valence-corrected chi connectivity index (χ4v) is 2.39. The van der Waals surface area contributed by atoms with E-state index >= 15 is 0 Å². The average molecular weight is 298 g/mol. The van der Waals surface area contributed by atoms with Crippen LogP contribution < -0.4 is 10.5 Å². The molecule has 0 fully saturated rings. The van der Waals surface area contributed by atoms with Gasteiger partial charge in [0.15, 0.2) is 0 Å². The van der Waals surface area contributed by atoms with Gasteiger partial charge in [0.2, 0.25) is 0 Å². The molecule has 0 spiro atoms. The van der Waals surface area contributed by atoms with Gasteiger partial charge in [-0.2, -0.15) is 0 Å². The Kier molecular flexibility index (Phi) is 4.07. The van der Waals surface area contributed by atoms with Gasteiger partial charge in [-0.05, 0) is 52.5 Å². The first-order chi connectivity index (χ1) is 8.22. The largest absolute Gasteiger partial charge is 0.496 e. The van der Waals surface area contributed by atoms with Crippen LogP contribution in [0.15, 0.2) is 34.5 Å². The summed E-state index contributed by atoms with van der Waals surface area (Å²) in [5.41, 5.74) is 7.19. The lowest BCUT2D eigenvalue weighted by molar-refractivity contribution is 0.176. The molecule has 0 radical (unpaired) electrons.